The van der Waals surface area contributed by atoms with E-state index in [1.54, 1.807) is 12.1 Å². The fourth-order valence-electron chi connectivity index (χ4n) is 2.48. The summed E-state index contributed by atoms with van der Waals surface area (Å²) in [6, 6.07) is 6.99. The number of hydrogen-bond donors (Lipinski definition) is 3. The molecule has 136 valence electrons. The highest BCUT2D eigenvalue weighted by Gasteiger charge is 2.16. The van der Waals surface area contributed by atoms with Crippen molar-refractivity contribution >= 4 is 22.4 Å². The van der Waals surface area contributed by atoms with Crippen molar-refractivity contribution in [3.63, 3.8) is 0 Å². The van der Waals surface area contributed by atoms with Gasteiger partial charge in [-0.05, 0) is 36.1 Å². The van der Waals surface area contributed by atoms with Crippen molar-refractivity contribution in [2.45, 2.75) is 33.6 Å². The van der Waals surface area contributed by atoms with Crippen LogP contribution < -0.4 is 5.32 Å². The van der Waals surface area contributed by atoms with Crippen LogP contribution in [0.4, 0.5) is 5.13 Å². The third kappa shape index (κ3) is 4.08. The van der Waals surface area contributed by atoms with Gasteiger partial charge < -0.3 is 5.11 Å². The number of hydrogen-bond acceptors (Lipinski definition) is 6. The van der Waals surface area contributed by atoms with E-state index in [4.69, 9.17) is 0 Å². The van der Waals surface area contributed by atoms with Crippen molar-refractivity contribution in [2.75, 3.05) is 5.32 Å². The molecular weight excluding hydrogens is 350 g/mol. The Labute approximate surface area is 155 Å². The van der Waals surface area contributed by atoms with Crippen molar-refractivity contribution in [1.29, 1.82) is 0 Å². The Morgan fingerprint density at radius 1 is 1.31 bits per heavy atom. The number of H-pyrrole nitrogens is 1. The number of carbonyl (C=O) groups excluding carboxylic acids is 1. The maximum absolute atomic E-state index is 12.4. The van der Waals surface area contributed by atoms with Crippen molar-refractivity contribution < 1.29 is 9.90 Å². The number of nitrogens with zero attached hydrogens (tertiary/aromatic N) is 3. The summed E-state index contributed by atoms with van der Waals surface area (Å²) < 4.78 is 0. The topological polar surface area (TPSA) is 104 Å². The van der Waals surface area contributed by atoms with Crippen LogP contribution in [0.2, 0.25) is 0 Å². The summed E-state index contributed by atoms with van der Waals surface area (Å²) in [6.45, 7) is 6.25. The zero-order chi connectivity index (χ0) is 18.7. The van der Waals surface area contributed by atoms with Gasteiger partial charge in [0.05, 0.1) is 5.69 Å². The van der Waals surface area contributed by atoms with Gasteiger partial charge >= 0.3 is 0 Å². The van der Waals surface area contributed by atoms with Gasteiger partial charge in [-0.15, -0.1) is 10.2 Å². The molecule has 0 aliphatic rings. The molecule has 3 N–H and O–H groups in total. The number of aromatic amines is 1. The number of aromatic hydroxyl groups is 1. The molecule has 0 atom stereocenters. The number of rotatable bonds is 6. The maximum atomic E-state index is 12.4. The van der Waals surface area contributed by atoms with E-state index in [1.165, 1.54) is 11.3 Å². The number of nitrogens with one attached hydrogen (secondary N) is 2. The predicted octanol–water partition coefficient (Wildman–Crippen LogP) is 3.65. The molecule has 0 saturated carbocycles. The highest BCUT2D eigenvalue weighted by molar-refractivity contribution is 7.15. The summed E-state index contributed by atoms with van der Waals surface area (Å²) >= 11 is 1.37. The summed E-state index contributed by atoms with van der Waals surface area (Å²) in [5, 5.41) is 29.1. The molecule has 7 nitrogen and oxygen atoms in total. The largest absolute Gasteiger partial charge is 0.507 e. The molecule has 8 heteroatoms. The van der Waals surface area contributed by atoms with E-state index in [-0.39, 0.29) is 11.7 Å². The van der Waals surface area contributed by atoms with Crippen LogP contribution in [-0.4, -0.2) is 31.4 Å². The van der Waals surface area contributed by atoms with E-state index < -0.39 is 0 Å². The average molecular weight is 371 g/mol. The van der Waals surface area contributed by atoms with Gasteiger partial charge in [-0.25, -0.2) is 0 Å². The standard InChI is InChI=1S/C18H21N5O2S/c1-4-11-5-6-15(24)12(8-11)13-9-14(21-20-13)17(25)19-18-23-22-16(26-18)7-10(2)3/h5-6,8-10,24H,4,7H2,1-3H3,(H,20,21)(H,19,23,25). The summed E-state index contributed by atoms with van der Waals surface area (Å²) in [6.07, 6.45) is 1.68. The molecule has 2 heterocycles. The molecule has 0 aliphatic carbocycles. The lowest BCUT2D eigenvalue weighted by Gasteiger charge is -2.03. The quantitative estimate of drug-likeness (QED) is 0.614. The van der Waals surface area contributed by atoms with E-state index in [9.17, 15) is 9.90 Å². The van der Waals surface area contributed by atoms with Crippen LogP contribution in [0.3, 0.4) is 0 Å². The number of benzene rings is 1. The van der Waals surface area contributed by atoms with Crippen molar-refractivity contribution in [3.05, 3.63) is 40.5 Å². The van der Waals surface area contributed by atoms with Gasteiger partial charge in [0.25, 0.3) is 5.91 Å². The highest BCUT2D eigenvalue weighted by atomic mass is 32.1. The van der Waals surface area contributed by atoms with Gasteiger partial charge in [0.15, 0.2) is 0 Å². The Morgan fingerprint density at radius 3 is 2.85 bits per heavy atom. The van der Waals surface area contributed by atoms with E-state index in [0.29, 0.717) is 28.0 Å². The molecule has 0 fully saturated rings. The van der Waals surface area contributed by atoms with Crippen LogP contribution in [0.15, 0.2) is 24.3 Å². The molecule has 0 unspecified atom stereocenters. The SMILES string of the molecule is CCc1ccc(O)c(-c2cc(C(=O)Nc3nnc(CC(C)C)s3)[nH]n2)c1. The Kier molecular flexibility index (Phi) is 5.32. The second-order valence-corrected chi connectivity index (χ2v) is 7.49. The van der Waals surface area contributed by atoms with Gasteiger partial charge in [0.2, 0.25) is 5.13 Å². The van der Waals surface area contributed by atoms with Gasteiger partial charge in [0.1, 0.15) is 16.5 Å². The van der Waals surface area contributed by atoms with Crippen molar-refractivity contribution in [2.24, 2.45) is 5.92 Å². The summed E-state index contributed by atoms with van der Waals surface area (Å²) in [4.78, 5) is 12.4. The minimum absolute atomic E-state index is 0.128. The Morgan fingerprint density at radius 2 is 2.12 bits per heavy atom. The lowest BCUT2D eigenvalue weighted by Crippen LogP contribution is -2.12. The molecule has 1 aromatic carbocycles. The molecule has 1 amide bonds. The van der Waals surface area contributed by atoms with Crippen molar-refractivity contribution in [3.8, 4) is 17.0 Å². The normalized spacial score (nSPS) is 11.1. The second-order valence-electron chi connectivity index (χ2n) is 6.42. The zero-order valence-electron chi connectivity index (χ0n) is 14.9. The number of phenolic OH excluding ortho intramolecular Hbond substituents is 1. The summed E-state index contributed by atoms with van der Waals surface area (Å²) in [5.41, 5.74) is 2.48. The molecule has 3 aromatic rings. The number of amides is 1. The number of carbonyl (C=O) groups is 1. The lowest BCUT2D eigenvalue weighted by molar-refractivity contribution is 0.102. The fourth-order valence-corrected chi connectivity index (χ4v) is 3.43. The predicted molar refractivity (Wildman–Crippen MR) is 101 cm³/mol. The fraction of sp³-hybridized carbons (Fsp3) is 0.333. The number of aryl methyl sites for hydroxylation is 1. The molecule has 2 aromatic heterocycles. The minimum Gasteiger partial charge on any atom is -0.507 e. The van der Waals surface area contributed by atoms with Crippen LogP contribution in [0.25, 0.3) is 11.3 Å². The average Bonchev–Trinajstić information content (AvgIpc) is 3.24. The first-order valence-corrected chi connectivity index (χ1v) is 9.29. The highest BCUT2D eigenvalue weighted by Crippen LogP contribution is 2.29. The number of anilines is 1. The van der Waals surface area contributed by atoms with Crippen LogP contribution >= 0.6 is 11.3 Å². The zero-order valence-corrected chi connectivity index (χ0v) is 15.7. The molecule has 0 spiro atoms. The van der Waals surface area contributed by atoms with E-state index in [2.05, 4.69) is 39.6 Å². The van der Waals surface area contributed by atoms with E-state index in [0.717, 1.165) is 23.4 Å². The van der Waals surface area contributed by atoms with Gasteiger partial charge in [-0.1, -0.05) is 38.2 Å². The Balaban J connectivity index is 1.75. The van der Waals surface area contributed by atoms with Gasteiger partial charge in [-0.3, -0.25) is 15.2 Å². The van der Waals surface area contributed by atoms with E-state index in [1.807, 2.05) is 19.1 Å². The molecule has 0 radical (unpaired) electrons. The number of phenols is 1. The summed E-state index contributed by atoms with van der Waals surface area (Å²) in [5.74, 6) is 0.262. The van der Waals surface area contributed by atoms with Crippen LogP contribution in [-0.2, 0) is 12.8 Å². The third-order valence-electron chi connectivity index (χ3n) is 3.84. The lowest BCUT2D eigenvalue weighted by atomic mass is 10.1. The van der Waals surface area contributed by atoms with E-state index >= 15 is 0 Å². The first kappa shape index (κ1) is 18.1. The molecule has 0 bridgehead atoms. The maximum Gasteiger partial charge on any atom is 0.275 e. The Bertz CT molecular complexity index is 916. The molecular formula is C18H21N5O2S. The first-order chi connectivity index (χ1) is 12.5. The van der Waals surface area contributed by atoms with Crippen LogP contribution in [0.5, 0.6) is 5.75 Å². The number of aromatic nitrogens is 4. The van der Waals surface area contributed by atoms with Gasteiger partial charge in [-0.2, -0.15) is 5.10 Å². The molecule has 3 rings (SSSR count). The molecule has 0 saturated heterocycles. The third-order valence-corrected chi connectivity index (χ3v) is 4.70. The van der Waals surface area contributed by atoms with Crippen LogP contribution in [0, 0.1) is 5.92 Å². The summed E-state index contributed by atoms with van der Waals surface area (Å²) in [7, 11) is 0. The smallest absolute Gasteiger partial charge is 0.275 e. The monoisotopic (exact) mass is 371 g/mol. The molecule has 0 aliphatic heterocycles. The molecule has 26 heavy (non-hydrogen) atoms. The first-order valence-electron chi connectivity index (χ1n) is 8.47. The Hall–Kier alpha value is -2.74. The second kappa shape index (κ2) is 7.65. The van der Waals surface area contributed by atoms with Crippen molar-refractivity contribution in [1.82, 2.24) is 20.4 Å². The minimum atomic E-state index is -0.345. The van der Waals surface area contributed by atoms with Crippen LogP contribution in [0.1, 0.15) is 41.8 Å². The van der Waals surface area contributed by atoms with Gasteiger partial charge in [0, 0.05) is 12.0 Å².